The van der Waals surface area contributed by atoms with E-state index < -0.39 is 0 Å². The molecule has 0 aliphatic heterocycles. The molecule has 1 aromatic rings. The standard InChI is InChI=1S/C31H44N4O3S/c1-11-22(4)20-30(36)32-29-19-18-27(33-34-29)17-15-14-16-24(6)39-25(7)35(8)23(5)21-26(12-2)31(38-10)28(13-3)37-9/h11-13,18-19H,3,5-7,14-17,20-21H2,1-2,4,8-10H3,(H,32,34,36)/b22-11+,26-12-,31-28-. The molecule has 0 aliphatic rings. The maximum Gasteiger partial charge on any atom is 0.229 e. The summed E-state index contributed by atoms with van der Waals surface area (Å²) in [4.78, 5) is 15.0. The second-order valence-corrected chi connectivity index (χ2v) is 10.2. The minimum atomic E-state index is -0.0915. The summed E-state index contributed by atoms with van der Waals surface area (Å²) in [5, 5.41) is 12.0. The van der Waals surface area contributed by atoms with E-state index in [1.54, 1.807) is 38.1 Å². The number of ether oxygens (including phenoxy) is 2. The van der Waals surface area contributed by atoms with Gasteiger partial charge < -0.3 is 19.7 Å². The van der Waals surface area contributed by atoms with Gasteiger partial charge in [-0.3, -0.25) is 4.79 Å². The topological polar surface area (TPSA) is 76.6 Å². The highest BCUT2D eigenvalue weighted by molar-refractivity contribution is 8.06. The van der Waals surface area contributed by atoms with Crippen molar-refractivity contribution in [2.75, 3.05) is 26.6 Å². The molecule has 0 saturated carbocycles. The number of carbonyl (C=O) groups excluding carboxylic acids is 1. The molecule has 7 nitrogen and oxygen atoms in total. The molecule has 1 N–H and O–H groups in total. The fourth-order valence-electron chi connectivity index (χ4n) is 3.50. The Bertz CT molecular complexity index is 1120. The number of aryl methyl sites for hydroxylation is 1. The van der Waals surface area contributed by atoms with Crippen LogP contribution in [0.3, 0.4) is 0 Å². The van der Waals surface area contributed by atoms with Crippen LogP contribution in [0.4, 0.5) is 5.82 Å². The highest BCUT2D eigenvalue weighted by Crippen LogP contribution is 2.32. The number of anilines is 1. The summed E-state index contributed by atoms with van der Waals surface area (Å²) in [6.07, 6.45) is 10.1. The van der Waals surface area contributed by atoms with Crippen molar-refractivity contribution in [1.29, 1.82) is 0 Å². The van der Waals surface area contributed by atoms with Gasteiger partial charge in [-0.2, -0.15) is 5.10 Å². The van der Waals surface area contributed by atoms with Gasteiger partial charge in [0.1, 0.15) is 0 Å². The second kappa shape index (κ2) is 17.9. The van der Waals surface area contributed by atoms with Gasteiger partial charge in [0.05, 0.1) is 24.9 Å². The molecule has 0 aliphatic carbocycles. The van der Waals surface area contributed by atoms with E-state index in [2.05, 4.69) is 41.8 Å². The average molecular weight is 553 g/mol. The third-order valence-corrected chi connectivity index (χ3v) is 7.04. The Kier molecular flexibility index (Phi) is 15.4. The number of hydrogen-bond acceptors (Lipinski definition) is 7. The van der Waals surface area contributed by atoms with Gasteiger partial charge in [-0.25, -0.2) is 0 Å². The first-order chi connectivity index (χ1) is 18.6. The smallest absolute Gasteiger partial charge is 0.229 e. The van der Waals surface area contributed by atoms with Gasteiger partial charge in [-0.15, -0.1) is 5.10 Å². The summed E-state index contributed by atoms with van der Waals surface area (Å²) in [7, 11) is 5.15. The molecule has 8 heteroatoms. The number of rotatable bonds is 18. The Labute approximate surface area is 239 Å². The molecule has 1 amide bonds. The van der Waals surface area contributed by atoms with E-state index in [0.29, 0.717) is 30.2 Å². The Morgan fingerprint density at radius 1 is 1.08 bits per heavy atom. The predicted molar refractivity (Wildman–Crippen MR) is 165 cm³/mol. The quantitative estimate of drug-likeness (QED) is 0.0866. The highest BCUT2D eigenvalue weighted by atomic mass is 32.2. The van der Waals surface area contributed by atoms with E-state index in [1.807, 2.05) is 50.9 Å². The lowest BCUT2D eigenvalue weighted by molar-refractivity contribution is -0.115. The monoisotopic (exact) mass is 552 g/mol. The number of unbranched alkanes of at least 4 members (excludes halogenated alkanes) is 1. The van der Waals surface area contributed by atoms with Gasteiger partial charge in [0.2, 0.25) is 5.91 Å². The van der Waals surface area contributed by atoms with Crippen LogP contribution in [0.25, 0.3) is 0 Å². The van der Waals surface area contributed by atoms with Crippen molar-refractivity contribution in [2.24, 2.45) is 0 Å². The normalized spacial score (nSPS) is 12.3. The van der Waals surface area contributed by atoms with Crippen LogP contribution in [-0.4, -0.2) is 42.3 Å². The summed E-state index contributed by atoms with van der Waals surface area (Å²) in [6.45, 7) is 22.3. The van der Waals surface area contributed by atoms with Gasteiger partial charge in [0.15, 0.2) is 17.3 Å². The van der Waals surface area contributed by atoms with Crippen molar-refractivity contribution in [3.63, 3.8) is 0 Å². The van der Waals surface area contributed by atoms with Crippen LogP contribution in [-0.2, 0) is 20.7 Å². The summed E-state index contributed by atoms with van der Waals surface area (Å²) < 4.78 is 10.9. The van der Waals surface area contributed by atoms with Crippen molar-refractivity contribution in [1.82, 2.24) is 15.1 Å². The van der Waals surface area contributed by atoms with E-state index >= 15 is 0 Å². The molecular formula is C31H44N4O3S. The molecule has 39 heavy (non-hydrogen) atoms. The lowest BCUT2D eigenvalue weighted by Crippen LogP contribution is -2.15. The maximum atomic E-state index is 12.0. The Morgan fingerprint density at radius 3 is 2.33 bits per heavy atom. The summed E-state index contributed by atoms with van der Waals surface area (Å²) >= 11 is 1.56. The Hall–Kier alpha value is -3.52. The zero-order chi connectivity index (χ0) is 29.4. The van der Waals surface area contributed by atoms with E-state index in [9.17, 15) is 4.79 Å². The van der Waals surface area contributed by atoms with Gasteiger partial charge in [0.25, 0.3) is 0 Å². The number of amides is 1. The van der Waals surface area contributed by atoms with Gasteiger partial charge in [0, 0.05) is 25.6 Å². The van der Waals surface area contributed by atoms with Crippen LogP contribution in [0, 0.1) is 0 Å². The van der Waals surface area contributed by atoms with Crippen molar-refractivity contribution >= 4 is 23.5 Å². The minimum Gasteiger partial charge on any atom is -0.493 e. The Morgan fingerprint density at radius 2 is 1.79 bits per heavy atom. The summed E-state index contributed by atoms with van der Waals surface area (Å²) in [5.41, 5.74) is 3.73. The molecule has 0 aromatic carbocycles. The lowest BCUT2D eigenvalue weighted by atomic mass is 10.1. The van der Waals surface area contributed by atoms with Crippen LogP contribution in [0.2, 0.25) is 0 Å². The van der Waals surface area contributed by atoms with E-state index in [0.717, 1.165) is 58.2 Å². The summed E-state index contributed by atoms with van der Waals surface area (Å²) in [6, 6.07) is 3.70. The van der Waals surface area contributed by atoms with Crippen molar-refractivity contribution in [2.45, 2.75) is 59.3 Å². The number of nitrogens with one attached hydrogen (secondary N) is 1. The summed E-state index contributed by atoms with van der Waals surface area (Å²) in [5.74, 6) is 1.59. The van der Waals surface area contributed by atoms with E-state index in [4.69, 9.17) is 9.47 Å². The molecular weight excluding hydrogens is 508 g/mol. The number of carbonyl (C=O) groups is 1. The molecule has 0 atom stereocenters. The average Bonchev–Trinajstić information content (AvgIpc) is 2.92. The largest absolute Gasteiger partial charge is 0.493 e. The molecule has 1 aromatic heterocycles. The minimum absolute atomic E-state index is 0.0915. The lowest BCUT2D eigenvalue weighted by Gasteiger charge is -2.25. The van der Waals surface area contributed by atoms with Crippen molar-refractivity contribution < 1.29 is 14.3 Å². The second-order valence-electron chi connectivity index (χ2n) is 8.93. The van der Waals surface area contributed by atoms with Crippen molar-refractivity contribution in [3.05, 3.63) is 101 Å². The molecule has 1 rings (SSSR count). The van der Waals surface area contributed by atoms with Crippen LogP contribution < -0.4 is 5.32 Å². The van der Waals surface area contributed by atoms with Crippen LogP contribution in [0.5, 0.6) is 0 Å². The highest BCUT2D eigenvalue weighted by Gasteiger charge is 2.16. The molecule has 0 bridgehead atoms. The number of thioether (sulfide) groups is 1. The maximum absolute atomic E-state index is 12.0. The molecule has 0 fully saturated rings. The molecule has 212 valence electrons. The van der Waals surface area contributed by atoms with E-state index in [1.165, 1.54) is 0 Å². The number of nitrogens with zero attached hydrogens (tertiary/aromatic N) is 3. The van der Waals surface area contributed by atoms with E-state index in [-0.39, 0.29) is 5.91 Å². The SMILES string of the molecule is C=C/C(OC)=C(OC)\C(=C/C)CC(=C)N(C)C(=C)SC(=C)CCCCc1ccc(NC(=O)C/C(C)=C/C)nn1. The van der Waals surface area contributed by atoms with Gasteiger partial charge in [-0.05, 0) is 75.1 Å². The fraction of sp³-hybridized carbons (Fsp3) is 0.387. The van der Waals surface area contributed by atoms with Crippen LogP contribution in [0.15, 0.2) is 95.0 Å². The fourth-order valence-corrected chi connectivity index (χ4v) is 4.35. The zero-order valence-electron chi connectivity index (χ0n) is 24.4. The molecule has 0 spiro atoms. The molecule has 0 saturated heterocycles. The third-order valence-electron chi connectivity index (χ3n) is 6.04. The van der Waals surface area contributed by atoms with Crippen LogP contribution >= 0.6 is 11.8 Å². The number of aromatic nitrogens is 2. The van der Waals surface area contributed by atoms with Crippen molar-refractivity contribution in [3.8, 4) is 0 Å². The predicted octanol–water partition coefficient (Wildman–Crippen LogP) is 7.67. The molecule has 0 radical (unpaired) electrons. The van der Waals surface area contributed by atoms with Crippen LogP contribution in [0.1, 0.15) is 58.6 Å². The zero-order valence-corrected chi connectivity index (χ0v) is 25.2. The first-order valence-corrected chi connectivity index (χ1v) is 13.7. The Balaban J connectivity index is 2.50. The molecule has 0 unspecified atom stereocenters. The molecule has 1 heterocycles. The number of hydrogen-bond donors (Lipinski definition) is 1. The third kappa shape index (κ3) is 11.8. The van der Waals surface area contributed by atoms with Gasteiger partial charge in [-0.1, -0.05) is 55.8 Å². The number of allylic oxidation sites excluding steroid dienone is 6. The number of methoxy groups -OCH3 is 2. The first-order valence-electron chi connectivity index (χ1n) is 12.9. The first kappa shape index (κ1) is 33.5. The van der Waals surface area contributed by atoms with Gasteiger partial charge >= 0.3 is 0 Å².